The second-order valence-corrected chi connectivity index (χ2v) is 11.4. The second kappa shape index (κ2) is 19.1. The number of aromatic hydroxyl groups is 1. The van der Waals surface area contributed by atoms with Gasteiger partial charge >= 0.3 is 32.2 Å². The van der Waals surface area contributed by atoms with E-state index >= 15 is 0 Å². The molecule has 0 bridgehead atoms. The molecule has 2 aliphatic rings. The number of aromatic nitrogens is 4. The number of phenolic OH excluding ortho intramolecular Hbond substituents is 1. The smallest absolute Gasteiger partial charge is 0.492 e. The quantitative estimate of drug-likeness (QED) is 0.123. The van der Waals surface area contributed by atoms with Crippen LogP contribution < -0.4 is 15.7 Å². The summed E-state index contributed by atoms with van der Waals surface area (Å²) in [6, 6.07) is 10.3. The molecule has 2 aromatic heterocycles. The lowest BCUT2D eigenvalue weighted by molar-refractivity contribution is -0.146. The summed E-state index contributed by atoms with van der Waals surface area (Å²) < 4.78 is 26.5. The number of nitrogens with zero attached hydrogens (tertiary/aromatic N) is 4. The van der Waals surface area contributed by atoms with E-state index in [1.807, 2.05) is 19.9 Å². The van der Waals surface area contributed by atoms with Crippen LogP contribution in [-0.2, 0) is 41.2 Å². The van der Waals surface area contributed by atoms with Crippen molar-refractivity contribution in [3.8, 4) is 17.5 Å². The molecule has 2 unspecified atom stereocenters. The Morgan fingerprint density at radius 2 is 1.22 bits per heavy atom. The number of fused-ring (bicyclic) bond motifs is 2. The third-order valence-corrected chi connectivity index (χ3v) is 7.87. The van der Waals surface area contributed by atoms with Gasteiger partial charge in [-0.2, -0.15) is 0 Å². The zero-order valence-electron chi connectivity index (χ0n) is 28.7. The van der Waals surface area contributed by atoms with E-state index in [1.54, 1.807) is 62.9 Å². The van der Waals surface area contributed by atoms with Crippen molar-refractivity contribution in [1.82, 2.24) is 19.9 Å². The highest BCUT2D eigenvalue weighted by Gasteiger charge is 2.39. The Morgan fingerprint density at radius 3 is 1.67 bits per heavy atom. The Labute approximate surface area is 301 Å². The maximum absolute atomic E-state index is 11.8. The third-order valence-electron chi connectivity index (χ3n) is 7.68. The Balaban J connectivity index is 0.000000197. The molecule has 0 saturated heterocycles. The number of benzene rings is 2. The first-order chi connectivity index (χ1) is 24.6. The van der Waals surface area contributed by atoms with Crippen LogP contribution in [0.2, 0.25) is 5.28 Å². The average molecular weight is 721 g/mol. The fourth-order valence-corrected chi connectivity index (χ4v) is 5.74. The van der Waals surface area contributed by atoms with Crippen LogP contribution in [0.5, 0.6) is 17.5 Å². The van der Waals surface area contributed by atoms with Crippen molar-refractivity contribution in [1.29, 1.82) is 0 Å². The standard InChI is InChI=1S/C17H19BN2O5.C13H17BO5.C4H3ClN2/c1-3-11-8-12(24-17-19-6-5-7-20-17)9-13-16(11)14(25-18(13)22)10-15(21)23-4-2;1-3-8-5-9(15)6-10-13(8)11(19-14(10)17)7-12(16)18-4-2;5-4-6-2-1-3-7-4/h5-9,14,22H,3-4,10H2,1-2H3;5-6,11,15,17H,3-4,7H2,1-2H3;1-3H. The Bertz CT molecular complexity index is 1760. The van der Waals surface area contributed by atoms with E-state index in [0.29, 0.717) is 48.0 Å². The number of ether oxygens (including phenoxy) is 3. The molecular formula is C34H39B2ClN4O10. The van der Waals surface area contributed by atoms with Gasteiger partial charge in [-0.3, -0.25) is 9.59 Å². The van der Waals surface area contributed by atoms with E-state index in [2.05, 4.69) is 19.9 Å². The number of rotatable bonds is 10. The second-order valence-electron chi connectivity index (χ2n) is 11.0. The van der Waals surface area contributed by atoms with E-state index in [1.165, 1.54) is 6.07 Å². The van der Waals surface area contributed by atoms with Crippen LogP contribution >= 0.6 is 11.6 Å². The zero-order valence-corrected chi connectivity index (χ0v) is 29.4. The van der Waals surface area contributed by atoms with Crippen LogP contribution in [-0.4, -0.2) is 74.5 Å². The van der Waals surface area contributed by atoms with Crippen LogP contribution in [0.25, 0.3) is 0 Å². The van der Waals surface area contributed by atoms with Crippen molar-refractivity contribution < 1.29 is 48.3 Å². The lowest BCUT2D eigenvalue weighted by Gasteiger charge is -2.15. The first-order valence-electron chi connectivity index (χ1n) is 16.5. The predicted molar refractivity (Wildman–Crippen MR) is 188 cm³/mol. The van der Waals surface area contributed by atoms with Crippen LogP contribution in [0, 0.1) is 0 Å². The minimum Gasteiger partial charge on any atom is -0.508 e. The summed E-state index contributed by atoms with van der Waals surface area (Å²) in [7, 11) is -2.22. The molecule has 0 radical (unpaired) electrons. The molecule has 0 amide bonds. The molecule has 0 aliphatic carbocycles. The average Bonchev–Trinajstić information content (AvgIpc) is 3.59. The van der Waals surface area contributed by atoms with Crippen molar-refractivity contribution in [2.75, 3.05) is 13.2 Å². The minimum atomic E-state index is -1.11. The van der Waals surface area contributed by atoms with E-state index in [4.69, 9.17) is 35.1 Å². The fraction of sp³-hybridized carbons (Fsp3) is 0.353. The largest absolute Gasteiger partial charge is 0.508 e. The van der Waals surface area contributed by atoms with Gasteiger partial charge in [-0.15, -0.1) is 0 Å². The van der Waals surface area contributed by atoms with Crippen LogP contribution in [0.4, 0.5) is 0 Å². The normalized spacial score (nSPS) is 15.4. The predicted octanol–water partition coefficient (Wildman–Crippen LogP) is 3.34. The van der Waals surface area contributed by atoms with Crippen molar-refractivity contribution in [2.24, 2.45) is 0 Å². The number of carbonyl (C=O) groups excluding carboxylic acids is 2. The van der Waals surface area contributed by atoms with E-state index in [-0.39, 0.29) is 36.5 Å². The third kappa shape index (κ3) is 10.7. The van der Waals surface area contributed by atoms with Crippen LogP contribution in [0.3, 0.4) is 0 Å². The van der Waals surface area contributed by atoms with Gasteiger partial charge in [-0.1, -0.05) is 13.8 Å². The SMILES string of the molecule is CCOC(=O)CC1OB(O)c2cc(O)cc(CC)c21.CCOC(=O)CC1OB(O)c2cc(Oc3ncccn3)cc(CC)c21.Clc1ncccn1. The highest BCUT2D eigenvalue weighted by molar-refractivity contribution is 6.62. The molecule has 0 spiro atoms. The molecule has 0 fully saturated rings. The molecule has 51 heavy (non-hydrogen) atoms. The number of halogens is 1. The van der Waals surface area contributed by atoms with Crippen molar-refractivity contribution >= 4 is 48.7 Å². The number of phenols is 1. The van der Waals surface area contributed by atoms with Gasteiger partial charge in [0.25, 0.3) is 0 Å². The Kier molecular flexibility index (Phi) is 14.7. The number of aryl methyl sites for hydroxylation is 2. The van der Waals surface area contributed by atoms with E-state index in [9.17, 15) is 24.7 Å². The van der Waals surface area contributed by atoms with Gasteiger partial charge in [-0.05, 0) is 108 Å². The zero-order chi connectivity index (χ0) is 36.9. The molecular weight excluding hydrogens is 681 g/mol. The molecule has 14 nitrogen and oxygen atoms in total. The van der Waals surface area contributed by atoms with Crippen LogP contribution in [0.1, 0.15) is 75.0 Å². The minimum absolute atomic E-state index is 0.0624. The summed E-state index contributed by atoms with van der Waals surface area (Å²) >= 11 is 5.32. The number of carbonyl (C=O) groups is 2. The number of hydrogen-bond donors (Lipinski definition) is 3. The van der Waals surface area contributed by atoms with Crippen molar-refractivity contribution in [3.05, 3.63) is 88.7 Å². The molecule has 4 heterocycles. The molecule has 268 valence electrons. The highest BCUT2D eigenvalue weighted by atomic mass is 35.5. The van der Waals surface area contributed by atoms with Gasteiger partial charge in [0.1, 0.15) is 11.5 Å². The molecule has 2 aliphatic heterocycles. The summed E-state index contributed by atoms with van der Waals surface area (Å²) in [6.07, 6.45) is 6.83. The molecule has 17 heteroatoms. The first-order valence-corrected chi connectivity index (χ1v) is 16.8. The van der Waals surface area contributed by atoms with Gasteiger partial charge in [0.15, 0.2) is 0 Å². The monoisotopic (exact) mass is 720 g/mol. The Morgan fingerprint density at radius 1 is 0.745 bits per heavy atom. The highest BCUT2D eigenvalue weighted by Crippen LogP contribution is 2.34. The van der Waals surface area contributed by atoms with Gasteiger partial charge in [0.2, 0.25) is 5.28 Å². The van der Waals surface area contributed by atoms with E-state index in [0.717, 1.165) is 22.3 Å². The van der Waals surface area contributed by atoms with Gasteiger partial charge in [0, 0.05) is 24.8 Å². The van der Waals surface area contributed by atoms with Crippen molar-refractivity contribution in [2.45, 2.75) is 65.6 Å². The first kappa shape index (κ1) is 39.2. The Hall–Kier alpha value is -4.60. The van der Waals surface area contributed by atoms with Crippen molar-refractivity contribution in [3.63, 3.8) is 0 Å². The van der Waals surface area contributed by atoms with Gasteiger partial charge < -0.3 is 38.7 Å². The van der Waals surface area contributed by atoms with Gasteiger partial charge in [-0.25, -0.2) is 19.9 Å². The molecule has 3 N–H and O–H groups in total. The van der Waals surface area contributed by atoms with Gasteiger partial charge in [0.05, 0.1) is 38.3 Å². The maximum Gasteiger partial charge on any atom is 0.492 e. The summed E-state index contributed by atoms with van der Waals surface area (Å²) in [5, 5.41) is 30.0. The maximum atomic E-state index is 11.8. The number of hydrogen-bond acceptors (Lipinski definition) is 14. The summed E-state index contributed by atoms with van der Waals surface area (Å²) in [5.74, 6) is -0.105. The summed E-state index contributed by atoms with van der Waals surface area (Å²) in [4.78, 5) is 38.7. The topological polar surface area (TPSA) is 193 Å². The molecule has 2 atom stereocenters. The molecule has 0 saturated carbocycles. The lowest BCUT2D eigenvalue weighted by atomic mass is 9.77. The molecule has 6 rings (SSSR count). The molecule has 4 aromatic rings. The lowest BCUT2D eigenvalue weighted by Crippen LogP contribution is -2.28. The molecule has 2 aromatic carbocycles. The van der Waals surface area contributed by atoms with Crippen LogP contribution in [0.15, 0.2) is 61.2 Å². The fourth-order valence-electron chi connectivity index (χ4n) is 5.63. The summed E-state index contributed by atoms with van der Waals surface area (Å²) in [5.41, 5.74) is 4.56. The van der Waals surface area contributed by atoms with E-state index < -0.39 is 26.4 Å². The number of esters is 2. The summed E-state index contributed by atoms with van der Waals surface area (Å²) in [6.45, 7) is 8.06.